The van der Waals surface area contributed by atoms with E-state index in [4.69, 9.17) is 11.6 Å². The smallest absolute Gasteiger partial charge is 0.287 e. The Balaban J connectivity index is 3.18. The maximum Gasteiger partial charge on any atom is 0.312 e. The third kappa shape index (κ3) is 2.90. The third-order valence-electron chi connectivity index (χ3n) is 2.00. The normalized spacial score (nSPS) is 11.2. The summed E-state index contributed by atoms with van der Waals surface area (Å²) in [5, 5.41) is 11.1. The van der Waals surface area contributed by atoms with E-state index in [2.05, 4.69) is 0 Å². The molecule has 0 unspecified atom stereocenters. The Morgan fingerprint density at radius 2 is 2.12 bits per heavy atom. The largest absolute Gasteiger partial charge is 0.312 e. The van der Waals surface area contributed by atoms with Crippen LogP contribution in [0.15, 0.2) is 30.0 Å². The summed E-state index contributed by atoms with van der Waals surface area (Å²) in [6.07, 6.45) is 1.30. The second-order valence-corrected chi connectivity index (χ2v) is 3.49. The first kappa shape index (κ1) is 12.4. The molecule has 0 fully saturated rings. The standard InChI is InChI=1S/C11H10ClNO3/c1-2-11(14)10(13(15)16)7-8-5-3-4-6-9(8)12/h3-7H,2H2,1H3. The van der Waals surface area contributed by atoms with Gasteiger partial charge in [0.05, 0.1) is 4.92 Å². The molecule has 0 heterocycles. The minimum absolute atomic E-state index is 0.0945. The Labute approximate surface area is 97.7 Å². The number of hydrogen-bond donors (Lipinski definition) is 0. The number of nitro groups is 1. The Morgan fingerprint density at radius 3 is 2.62 bits per heavy atom. The van der Waals surface area contributed by atoms with Crippen molar-refractivity contribution in [1.82, 2.24) is 0 Å². The van der Waals surface area contributed by atoms with Gasteiger partial charge in [0.1, 0.15) is 0 Å². The number of ketones is 1. The minimum atomic E-state index is -0.685. The molecule has 0 aromatic heterocycles. The van der Waals surface area contributed by atoms with Gasteiger partial charge in [-0.2, -0.15) is 0 Å². The van der Waals surface area contributed by atoms with E-state index >= 15 is 0 Å². The number of halogens is 1. The highest BCUT2D eigenvalue weighted by Crippen LogP contribution is 2.19. The lowest BCUT2D eigenvalue weighted by Crippen LogP contribution is -2.09. The molecule has 5 heteroatoms. The van der Waals surface area contributed by atoms with Gasteiger partial charge in [-0.25, -0.2) is 0 Å². The molecular formula is C11H10ClNO3. The molecule has 0 aliphatic heterocycles. The first-order chi connectivity index (χ1) is 7.56. The highest BCUT2D eigenvalue weighted by molar-refractivity contribution is 6.32. The second-order valence-electron chi connectivity index (χ2n) is 3.08. The molecule has 0 N–H and O–H groups in total. The van der Waals surface area contributed by atoms with E-state index in [9.17, 15) is 14.9 Å². The number of allylic oxidation sites excluding steroid dienone is 1. The first-order valence-corrected chi connectivity index (χ1v) is 5.08. The van der Waals surface area contributed by atoms with Gasteiger partial charge in [-0.05, 0) is 11.6 Å². The van der Waals surface area contributed by atoms with Gasteiger partial charge in [-0.15, -0.1) is 0 Å². The molecule has 1 rings (SSSR count). The van der Waals surface area contributed by atoms with E-state index in [1.807, 2.05) is 0 Å². The molecule has 16 heavy (non-hydrogen) atoms. The zero-order valence-corrected chi connectivity index (χ0v) is 9.40. The van der Waals surface area contributed by atoms with E-state index in [1.165, 1.54) is 6.08 Å². The van der Waals surface area contributed by atoms with Gasteiger partial charge in [0.15, 0.2) is 0 Å². The fourth-order valence-corrected chi connectivity index (χ4v) is 1.35. The molecule has 1 aromatic rings. The van der Waals surface area contributed by atoms with Crippen LogP contribution in [0.4, 0.5) is 0 Å². The van der Waals surface area contributed by atoms with Crippen molar-refractivity contribution >= 4 is 23.5 Å². The van der Waals surface area contributed by atoms with E-state index in [1.54, 1.807) is 31.2 Å². The van der Waals surface area contributed by atoms with Crippen LogP contribution in [-0.4, -0.2) is 10.7 Å². The highest BCUT2D eigenvalue weighted by atomic mass is 35.5. The average Bonchev–Trinajstić information content (AvgIpc) is 2.26. The third-order valence-corrected chi connectivity index (χ3v) is 2.35. The van der Waals surface area contributed by atoms with Crippen molar-refractivity contribution in [2.45, 2.75) is 13.3 Å². The fraction of sp³-hybridized carbons (Fsp3) is 0.182. The van der Waals surface area contributed by atoms with Gasteiger partial charge in [0.2, 0.25) is 5.78 Å². The molecular weight excluding hydrogens is 230 g/mol. The summed E-state index contributed by atoms with van der Waals surface area (Å²) < 4.78 is 0. The zero-order chi connectivity index (χ0) is 12.1. The summed E-state index contributed by atoms with van der Waals surface area (Å²) in [5.74, 6) is -0.509. The lowest BCUT2D eigenvalue weighted by molar-refractivity contribution is -0.417. The monoisotopic (exact) mass is 239 g/mol. The molecule has 0 radical (unpaired) electrons. The predicted molar refractivity (Wildman–Crippen MR) is 61.7 cm³/mol. The number of nitrogens with zero attached hydrogens (tertiary/aromatic N) is 1. The maximum absolute atomic E-state index is 11.3. The van der Waals surface area contributed by atoms with Crippen molar-refractivity contribution in [3.05, 3.63) is 50.7 Å². The number of rotatable bonds is 4. The summed E-state index contributed by atoms with van der Waals surface area (Å²) in [4.78, 5) is 21.3. The molecule has 0 atom stereocenters. The van der Waals surface area contributed by atoms with E-state index in [0.29, 0.717) is 10.6 Å². The van der Waals surface area contributed by atoms with Crippen LogP contribution < -0.4 is 0 Å². The molecule has 1 aromatic carbocycles. The number of carbonyl (C=O) groups excluding carboxylic acids is 1. The van der Waals surface area contributed by atoms with Gasteiger partial charge < -0.3 is 0 Å². The molecule has 0 spiro atoms. The van der Waals surface area contributed by atoms with Gasteiger partial charge in [0, 0.05) is 17.5 Å². The number of benzene rings is 1. The lowest BCUT2D eigenvalue weighted by atomic mass is 10.1. The first-order valence-electron chi connectivity index (χ1n) is 4.70. The fourth-order valence-electron chi connectivity index (χ4n) is 1.16. The van der Waals surface area contributed by atoms with Gasteiger partial charge in [-0.3, -0.25) is 14.9 Å². The van der Waals surface area contributed by atoms with Gasteiger partial charge in [-0.1, -0.05) is 36.7 Å². The van der Waals surface area contributed by atoms with Crippen LogP contribution in [-0.2, 0) is 4.79 Å². The van der Waals surface area contributed by atoms with Crippen LogP contribution in [0.2, 0.25) is 5.02 Å². The van der Waals surface area contributed by atoms with Crippen molar-refractivity contribution in [2.75, 3.05) is 0 Å². The Bertz CT molecular complexity index is 454. The molecule has 0 aliphatic carbocycles. The van der Waals surface area contributed by atoms with E-state index < -0.39 is 16.4 Å². The highest BCUT2D eigenvalue weighted by Gasteiger charge is 2.19. The van der Waals surface area contributed by atoms with Crippen molar-refractivity contribution in [2.24, 2.45) is 0 Å². The number of Topliss-reactive ketones (excluding diaryl/α,β-unsaturated/α-hetero) is 1. The zero-order valence-electron chi connectivity index (χ0n) is 8.64. The summed E-state index contributed by atoms with van der Waals surface area (Å²) >= 11 is 5.84. The quantitative estimate of drug-likeness (QED) is 0.461. The molecule has 0 saturated carbocycles. The number of carbonyl (C=O) groups is 1. The Morgan fingerprint density at radius 1 is 1.50 bits per heavy atom. The molecule has 0 amide bonds. The van der Waals surface area contributed by atoms with E-state index in [-0.39, 0.29) is 6.42 Å². The van der Waals surface area contributed by atoms with Crippen LogP contribution in [0.3, 0.4) is 0 Å². The van der Waals surface area contributed by atoms with Crippen LogP contribution in [0, 0.1) is 10.1 Å². The summed E-state index contributed by atoms with van der Waals surface area (Å²) in [5.41, 5.74) is 0.0354. The van der Waals surface area contributed by atoms with Crippen molar-refractivity contribution in [3.63, 3.8) is 0 Å². The Kier molecular flexibility index (Phi) is 4.19. The molecule has 4 nitrogen and oxygen atoms in total. The molecule has 0 aliphatic rings. The van der Waals surface area contributed by atoms with Gasteiger partial charge >= 0.3 is 5.70 Å². The van der Waals surface area contributed by atoms with Gasteiger partial charge in [0.25, 0.3) is 0 Å². The van der Waals surface area contributed by atoms with Crippen molar-refractivity contribution in [1.29, 1.82) is 0 Å². The second kappa shape index (κ2) is 5.42. The van der Waals surface area contributed by atoms with Crippen LogP contribution in [0.1, 0.15) is 18.9 Å². The summed E-state index contributed by atoms with van der Waals surface area (Å²) in [7, 11) is 0. The Hall–Kier alpha value is -1.68. The van der Waals surface area contributed by atoms with Crippen molar-refractivity contribution in [3.8, 4) is 0 Å². The predicted octanol–water partition coefficient (Wildman–Crippen LogP) is 2.94. The lowest BCUT2D eigenvalue weighted by Gasteiger charge is -1.98. The van der Waals surface area contributed by atoms with E-state index in [0.717, 1.165) is 0 Å². The SMILES string of the molecule is CCC(=O)C(=Cc1ccccc1Cl)[N+](=O)[O-]. The maximum atomic E-state index is 11.3. The van der Waals surface area contributed by atoms with Crippen LogP contribution in [0.5, 0.6) is 0 Å². The number of hydrogen-bond acceptors (Lipinski definition) is 3. The average molecular weight is 240 g/mol. The minimum Gasteiger partial charge on any atom is -0.287 e. The summed E-state index contributed by atoms with van der Waals surface area (Å²) in [6, 6.07) is 6.65. The topological polar surface area (TPSA) is 60.2 Å². The van der Waals surface area contributed by atoms with Crippen LogP contribution in [0.25, 0.3) is 6.08 Å². The van der Waals surface area contributed by atoms with Crippen LogP contribution >= 0.6 is 11.6 Å². The molecule has 84 valence electrons. The molecule has 0 bridgehead atoms. The summed E-state index contributed by atoms with van der Waals surface area (Å²) in [6.45, 7) is 1.58. The van der Waals surface area contributed by atoms with Crippen molar-refractivity contribution < 1.29 is 9.72 Å². The molecule has 0 saturated heterocycles.